The zero-order valence-electron chi connectivity index (χ0n) is 10.8. The summed E-state index contributed by atoms with van der Waals surface area (Å²) in [6.07, 6.45) is 1.03. The van der Waals surface area contributed by atoms with Crippen LogP contribution in [-0.4, -0.2) is 25.2 Å². The predicted octanol–water partition coefficient (Wildman–Crippen LogP) is 2.24. The number of para-hydroxylation sites is 1. The molecule has 18 heavy (non-hydrogen) atoms. The number of hydrogen-bond donors (Lipinski definition) is 2. The number of amides is 1. The van der Waals surface area contributed by atoms with Crippen molar-refractivity contribution in [1.29, 1.82) is 0 Å². The quantitative estimate of drug-likeness (QED) is 0.617. The lowest BCUT2D eigenvalue weighted by Gasteiger charge is -2.09. The molecule has 0 aromatic heterocycles. The fourth-order valence-electron chi connectivity index (χ4n) is 1.39. The normalized spacial score (nSPS) is 9.94. The van der Waals surface area contributed by atoms with Crippen LogP contribution in [0.3, 0.4) is 0 Å². The molecule has 0 aliphatic carbocycles. The number of nitrogen functional groups attached to an aromatic ring is 1. The maximum absolute atomic E-state index is 11.7. The molecule has 1 amide bonds. The first-order valence-corrected chi connectivity index (χ1v) is 5.85. The highest BCUT2D eigenvalue weighted by Gasteiger charge is 2.07. The first-order chi connectivity index (χ1) is 8.11. The van der Waals surface area contributed by atoms with E-state index in [4.69, 9.17) is 10.5 Å². The molecular weight excluding hydrogens is 252 g/mol. The molecule has 0 atom stereocenters. The Morgan fingerprint density at radius 3 is 2.67 bits per heavy atom. The number of carbonyl (C=O) groups excluding carboxylic acids is 1. The summed E-state index contributed by atoms with van der Waals surface area (Å²) < 4.78 is 5.38. The highest BCUT2D eigenvalue weighted by molar-refractivity contribution is 5.98. The van der Waals surface area contributed by atoms with Gasteiger partial charge >= 0.3 is 0 Å². The molecule has 0 unspecified atom stereocenters. The maximum Gasteiger partial charge on any atom is 0.253 e. The zero-order chi connectivity index (χ0) is 12.7. The van der Waals surface area contributed by atoms with Crippen molar-refractivity contribution in [2.24, 2.45) is 0 Å². The first kappa shape index (κ1) is 16.7. The molecule has 0 saturated heterocycles. The number of carbonyl (C=O) groups is 1. The van der Waals surface area contributed by atoms with Gasteiger partial charge in [-0.05, 0) is 32.4 Å². The Morgan fingerprint density at radius 1 is 1.39 bits per heavy atom. The third kappa shape index (κ3) is 5.89. The molecule has 3 N–H and O–H groups in total. The molecule has 0 heterocycles. The second-order valence-electron chi connectivity index (χ2n) is 4.12. The largest absolute Gasteiger partial charge is 0.398 e. The van der Waals surface area contributed by atoms with Crippen LogP contribution in [0.4, 0.5) is 5.69 Å². The van der Waals surface area contributed by atoms with Crippen molar-refractivity contribution in [2.75, 3.05) is 18.9 Å². The smallest absolute Gasteiger partial charge is 0.253 e. The van der Waals surface area contributed by atoms with Gasteiger partial charge in [-0.25, -0.2) is 0 Å². The predicted molar refractivity (Wildman–Crippen MR) is 76.1 cm³/mol. The van der Waals surface area contributed by atoms with Crippen molar-refractivity contribution in [3.8, 4) is 0 Å². The van der Waals surface area contributed by atoms with Gasteiger partial charge in [0.15, 0.2) is 0 Å². The van der Waals surface area contributed by atoms with Crippen LogP contribution in [-0.2, 0) is 4.74 Å². The Labute approximate surface area is 114 Å². The lowest BCUT2D eigenvalue weighted by atomic mass is 10.1. The highest BCUT2D eigenvalue weighted by atomic mass is 35.5. The summed E-state index contributed by atoms with van der Waals surface area (Å²) in [5.41, 5.74) is 6.73. The number of halogens is 1. The van der Waals surface area contributed by atoms with Crippen molar-refractivity contribution >= 4 is 24.0 Å². The molecule has 1 rings (SSSR count). The average molecular weight is 273 g/mol. The van der Waals surface area contributed by atoms with Gasteiger partial charge in [0.1, 0.15) is 0 Å². The molecule has 1 aromatic rings. The highest BCUT2D eigenvalue weighted by Crippen LogP contribution is 2.09. The number of ether oxygens (including phenoxy) is 1. The van der Waals surface area contributed by atoms with Gasteiger partial charge < -0.3 is 15.8 Å². The molecule has 102 valence electrons. The van der Waals surface area contributed by atoms with Crippen LogP contribution in [0.15, 0.2) is 24.3 Å². The molecule has 1 aromatic carbocycles. The molecule has 0 aliphatic rings. The first-order valence-electron chi connectivity index (χ1n) is 5.85. The van der Waals surface area contributed by atoms with Gasteiger partial charge in [0.05, 0.1) is 11.7 Å². The monoisotopic (exact) mass is 272 g/mol. The van der Waals surface area contributed by atoms with Crippen LogP contribution < -0.4 is 11.1 Å². The van der Waals surface area contributed by atoms with E-state index in [1.807, 2.05) is 19.9 Å². The minimum Gasteiger partial charge on any atom is -0.398 e. The van der Waals surface area contributed by atoms with Crippen LogP contribution in [0.2, 0.25) is 0 Å². The Balaban J connectivity index is 0.00000289. The van der Waals surface area contributed by atoms with E-state index in [1.165, 1.54) is 0 Å². The van der Waals surface area contributed by atoms with Crippen molar-refractivity contribution in [3.63, 3.8) is 0 Å². The Morgan fingerprint density at radius 2 is 2.06 bits per heavy atom. The van der Waals surface area contributed by atoms with Crippen LogP contribution in [0.1, 0.15) is 30.6 Å². The van der Waals surface area contributed by atoms with Gasteiger partial charge in [-0.3, -0.25) is 4.79 Å². The van der Waals surface area contributed by atoms with Gasteiger partial charge in [0, 0.05) is 18.8 Å². The van der Waals surface area contributed by atoms with Crippen molar-refractivity contribution in [3.05, 3.63) is 29.8 Å². The Bertz CT molecular complexity index is 370. The molecule has 0 spiro atoms. The van der Waals surface area contributed by atoms with Crippen LogP contribution in [0, 0.1) is 0 Å². The second kappa shape index (κ2) is 8.78. The zero-order valence-corrected chi connectivity index (χ0v) is 11.6. The molecule has 0 radical (unpaired) electrons. The number of nitrogens with one attached hydrogen (secondary N) is 1. The summed E-state index contributed by atoms with van der Waals surface area (Å²) in [5, 5.41) is 2.81. The fourth-order valence-corrected chi connectivity index (χ4v) is 1.39. The fraction of sp³-hybridized carbons (Fsp3) is 0.462. The van der Waals surface area contributed by atoms with Crippen LogP contribution >= 0.6 is 12.4 Å². The third-order valence-corrected chi connectivity index (χ3v) is 2.26. The molecule has 0 saturated carbocycles. The Hall–Kier alpha value is -1.26. The van der Waals surface area contributed by atoms with Gasteiger partial charge in [-0.1, -0.05) is 12.1 Å². The van der Waals surface area contributed by atoms with Crippen molar-refractivity contribution in [1.82, 2.24) is 5.32 Å². The minimum absolute atomic E-state index is 0. The maximum atomic E-state index is 11.7. The lowest BCUT2D eigenvalue weighted by Crippen LogP contribution is -2.26. The molecule has 4 nitrogen and oxygen atoms in total. The topological polar surface area (TPSA) is 64.3 Å². The SMILES string of the molecule is CC(C)OCCCNC(=O)c1ccccc1N.Cl. The van der Waals surface area contributed by atoms with Crippen LogP contribution in [0.25, 0.3) is 0 Å². The minimum atomic E-state index is -0.132. The molecule has 5 heteroatoms. The number of anilines is 1. The number of rotatable bonds is 6. The van der Waals surface area contributed by atoms with E-state index in [0.29, 0.717) is 24.4 Å². The number of nitrogens with two attached hydrogens (primary N) is 1. The summed E-state index contributed by atoms with van der Waals surface area (Å²) in [7, 11) is 0. The third-order valence-electron chi connectivity index (χ3n) is 2.26. The summed E-state index contributed by atoms with van der Waals surface area (Å²) in [4.78, 5) is 11.7. The van der Waals surface area contributed by atoms with Crippen LogP contribution in [0.5, 0.6) is 0 Å². The van der Waals surface area contributed by atoms with E-state index >= 15 is 0 Å². The molecular formula is C13H21ClN2O2. The second-order valence-corrected chi connectivity index (χ2v) is 4.12. The Kier molecular flexibility index (Phi) is 8.16. The summed E-state index contributed by atoms with van der Waals surface area (Å²) >= 11 is 0. The molecule has 0 fully saturated rings. The van der Waals surface area contributed by atoms with Gasteiger partial charge in [-0.2, -0.15) is 0 Å². The van der Waals surface area contributed by atoms with E-state index in [1.54, 1.807) is 18.2 Å². The van der Waals surface area contributed by atoms with Gasteiger partial charge in [0.2, 0.25) is 0 Å². The van der Waals surface area contributed by atoms with Crippen molar-refractivity contribution in [2.45, 2.75) is 26.4 Å². The number of hydrogen-bond acceptors (Lipinski definition) is 3. The molecule has 0 bridgehead atoms. The van der Waals surface area contributed by atoms with Crippen molar-refractivity contribution < 1.29 is 9.53 Å². The van der Waals surface area contributed by atoms with Gasteiger partial charge in [-0.15, -0.1) is 12.4 Å². The van der Waals surface area contributed by atoms with E-state index in [9.17, 15) is 4.79 Å². The lowest BCUT2D eigenvalue weighted by molar-refractivity contribution is 0.0757. The van der Waals surface area contributed by atoms with E-state index in [-0.39, 0.29) is 24.4 Å². The van der Waals surface area contributed by atoms with E-state index in [0.717, 1.165) is 6.42 Å². The summed E-state index contributed by atoms with van der Waals surface area (Å²) in [6, 6.07) is 7.04. The van der Waals surface area contributed by atoms with Gasteiger partial charge in [0.25, 0.3) is 5.91 Å². The standard InChI is InChI=1S/C13H20N2O2.ClH/c1-10(2)17-9-5-8-15-13(16)11-6-3-4-7-12(11)14;/h3-4,6-7,10H,5,8-9,14H2,1-2H3,(H,15,16);1H. The summed E-state index contributed by atoms with van der Waals surface area (Å²) in [5.74, 6) is -0.132. The number of benzene rings is 1. The van der Waals surface area contributed by atoms with E-state index in [2.05, 4.69) is 5.32 Å². The van der Waals surface area contributed by atoms with E-state index < -0.39 is 0 Å². The average Bonchev–Trinajstić information content (AvgIpc) is 2.28. The molecule has 0 aliphatic heterocycles. The summed E-state index contributed by atoms with van der Waals surface area (Å²) in [6.45, 7) is 5.23.